The maximum Gasteiger partial charge on any atom is 0.135 e. The van der Waals surface area contributed by atoms with E-state index in [2.05, 4.69) is 0 Å². The lowest BCUT2D eigenvalue weighted by atomic mass is 9.91. The number of fused-ring (bicyclic) bond motifs is 2. The SMILES string of the molecule is CC(C)c1ccc(O)c2c(O)c3ccccc3c(O)c12. The van der Waals surface area contributed by atoms with Crippen molar-refractivity contribution in [2.45, 2.75) is 19.8 Å². The molecule has 0 heterocycles. The first-order valence-electron chi connectivity index (χ1n) is 6.60. The molecule has 0 aliphatic rings. The van der Waals surface area contributed by atoms with Crippen molar-refractivity contribution >= 4 is 21.5 Å². The summed E-state index contributed by atoms with van der Waals surface area (Å²) < 4.78 is 0. The quantitative estimate of drug-likeness (QED) is 0.457. The summed E-state index contributed by atoms with van der Waals surface area (Å²) in [5.74, 6) is 0.258. The topological polar surface area (TPSA) is 60.7 Å². The Labute approximate surface area is 116 Å². The summed E-state index contributed by atoms with van der Waals surface area (Å²) in [6.45, 7) is 4.02. The summed E-state index contributed by atoms with van der Waals surface area (Å²) in [6.07, 6.45) is 0. The van der Waals surface area contributed by atoms with Crippen molar-refractivity contribution in [3.05, 3.63) is 42.0 Å². The first-order chi connectivity index (χ1) is 9.52. The molecule has 0 saturated heterocycles. The van der Waals surface area contributed by atoms with Gasteiger partial charge in [-0.3, -0.25) is 0 Å². The van der Waals surface area contributed by atoms with Crippen molar-refractivity contribution in [1.82, 2.24) is 0 Å². The molecular formula is C17H16O3. The highest BCUT2D eigenvalue weighted by molar-refractivity contribution is 6.13. The number of phenolic OH excluding ortho intramolecular Hbond substituents is 3. The molecule has 3 rings (SSSR count). The van der Waals surface area contributed by atoms with E-state index in [1.165, 1.54) is 0 Å². The molecule has 0 aromatic heterocycles. The predicted octanol–water partition coefficient (Wildman–Crippen LogP) is 4.23. The molecule has 0 aliphatic heterocycles. The van der Waals surface area contributed by atoms with Crippen molar-refractivity contribution in [2.24, 2.45) is 0 Å². The Kier molecular flexibility index (Phi) is 2.71. The summed E-state index contributed by atoms with van der Waals surface area (Å²) in [5, 5.41) is 33.0. The molecule has 0 fully saturated rings. The predicted molar refractivity (Wildman–Crippen MR) is 80.5 cm³/mol. The van der Waals surface area contributed by atoms with Crippen molar-refractivity contribution in [3.8, 4) is 17.2 Å². The van der Waals surface area contributed by atoms with Crippen LogP contribution in [0.3, 0.4) is 0 Å². The molecule has 0 aliphatic carbocycles. The lowest BCUT2D eigenvalue weighted by Gasteiger charge is -2.16. The van der Waals surface area contributed by atoms with E-state index < -0.39 is 0 Å². The van der Waals surface area contributed by atoms with Crippen LogP contribution in [-0.4, -0.2) is 15.3 Å². The van der Waals surface area contributed by atoms with Crippen molar-refractivity contribution in [1.29, 1.82) is 0 Å². The number of rotatable bonds is 1. The molecule has 0 unspecified atom stereocenters. The minimum Gasteiger partial charge on any atom is -0.507 e. The largest absolute Gasteiger partial charge is 0.507 e. The van der Waals surface area contributed by atoms with Crippen LogP contribution in [0.4, 0.5) is 0 Å². The Morgan fingerprint density at radius 3 is 1.85 bits per heavy atom. The number of aromatic hydroxyl groups is 3. The molecule has 0 saturated carbocycles. The Balaban J connectivity index is 2.65. The fraction of sp³-hybridized carbons (Fsp3) is 0.176. The van der Waals surface area contributed by atoms with Gasteiger partial charge in [0.05, 0.1) is 5.39 Å². The monoisotopic (exact) mass is 268 g/mol. The van der Waals surface area contributed by atoms with Crippen LogP contribution in [0.15, 0.2) is 36.4 Å². The lowest BCUT2D eigenvalue weighted by molar-refractivity contribution is 0.462. The summed E-state index contributed by atoms with van der Waals surface area (Å²) >= 11 is 0. The third-order valence-electron chi connectivity index (χ3n) is 3.75. The number of phenols is 3. The molecule has 3 heteroatoms. The van der Waals surface area contributed by atoms with Crippen LogP contribution in [0.25, 0.3) is 21.5 Å². The molecule has 0 spiro atoms. The van der Waals surface area contributed by atoms with E-state index in [-0.39, 0.29) is 23.2 Å². The maximum absolute atomic E-state index is 10.6. The first kappa shape index (κ1) is 12.6. The van der Waals surface area contributed by atoms with Gasteiger partial charge in [-0.25, -0.2) is 0 Å². The highest BCUT2D eigenvalue weighted by atomic mass is 16.3. The van der Waals surface area contributed by atoms with E-state index in [9.17, 15) is 15.3 Å². The standard InChI is InChI=1S/C17H16O3/c1-9(2)10-7-8-13(18)15-14(10)16(19)11-5-3-4-6-12(11)17(15)20/h3-9,18-20H,1-2H3. The van der Waals surface area contributed by atoms with Crippen LogP contribution >= 0.6 is 0 Å². The van der Waals surface area contributed by atoms with E-state index in [1.807, 2.05) is 19.9 Å². The fourth-order valence-corrected chi connectivity index (χ4v) is 2.75. The Morgan fingerprint density at radius 2 is 1.30 bits per heavy atom. The van der Waals surface area contributed by atoms with Crippen molar-refractivity contribution in [2.75, 3.05) is 0 Å². The third kappa shape index (κ3) is 1.59. The zero-order valence-electron chi connectivity index (χ0n) is 11.4. The molecule has 20 heavy (non-hydrogen) atoms. The molecular weight excluding hydrogens is 252 g/mol. The Bertz CT molecular complexity index is 819. The Hall–Kier alpha value is -2.42. The van der Waals surface area contributed by atoms with Gasteiger partial charge in [-0.15, -0.1) is 0 Å². The molecule has 0 radical (unpaired) electrons. The van der Waals surface area contributed by atoms with Gasteiger partial charge in [-0.2, -0.15) is 0 Å². The zero-order valence-corrected chi connectivity index (χ0v) is 11.4. The van der Waals surface area contributed by atoms with E-state index >= 15 is 0 Å². The molecule has 0 amide bonds. The second-order valence-electron chi connectivity index (χ2n) is 5.32. The smallest absolute Gasteiger partial charge is 0.135 e. The van der Waals surface area contributed by atoms with Gasteiger partial charge in [-0.1, -0.05) is 44.2 Å². The zero-order chi connectivity index (χ0) is 14.4. The van der Waals surface area contributed by atoms with Gasteiger partial charge in [0.2, 0.25) is 0 Å². The normalized spacial score (nSPS) is 11.6. The van der Waals surface area contributed by atoms with Crippen LogP contribution < -0.4 is 0 Å². The van der Waals surface area contributed by atoms with Gasteiger partial charge in [0.1, 0.15) is 17.2 Å². The highest BCUT2D eigenvalue weighted by Crippen LogP contribution is 2.47. The summed E-state index contributed by atoms with van der Waals surface area (Å²) in [5.41, 5.74) is 0.899. The van der Waals surface area contributed by atoms with Gasteiger partial charge < -0.3 is 15.3 Å². The summed E-state index contributed by atoms with van der Waals surface area (Å²) in [7, 11) is 0. The van der Waals surface area contributed by atoms with Crippen LogP contribution in [-0.2, 0) is 0 Å². The third-order valence-corrected chi connectivity index (χ3v) is 3.75. The van der Waals surface area contributed by atoms with Crippen LogP contribution in [0, 0.1) is 0 Å². The second kappa shape index (κ2) is 4.30. The van der Waals surface area contributed by atoms with Crippen molar-refractivity contribution < 1.29 is 15.3 Å². The van der Waals surface area contributed by atoms with E-state index in [0.29, 0.717) is 21.5 Å². The van der Waals surface area contributed by atoms with E-state index in [4.69, 9.17) is 0 Å². The molecule has 3 aromatic rings. The molecule has 3 aromatic carbocycles. The first-order valence-corrected chi connectivity index (χ1v) is 6.60. The number of hydrogen-bond donors (Lipinski definition) is 3. The highest BCUT2D eigenvalue weighted by Gasteiger charge is 2.19. The van der Waals surface area contributed by atoms with Crippen LogP contribution in [0.5, 0.6) is 17.2 Å². The summed E-state index contributed by atoms with van der Waals surface area (Å²) in [6, 6.07) is 10.4. The average molecular weight is 268 g/mol. The lowest BCUT2D eigenvalue weighted by Crippen LogP contribution is -1.92. The number of benzene rings is 3. The van der Waals surface area contributed by atoms with Gasteiger partial charge >= 0.3 is 0 Å². The molecule has 3 nitrogen and oxygen atoms in total. The second-order valence-corrected chi connectivity index (χ2v) is 5.32. The molecule has 0 atom stereocenters. The maximum atomic E-state index is 10.6. The minimum atomic E-state index is -0.0250. The van der Waals surface area contributed by atoms with Crippen LogP contribution in [0.1, 0.15) is 25.3 Å². The molecule has 3 N–H and O–H groups in total. The van der Waals surface area contributed by atoms with Gasteiger partial charge in [0.25, 0.3) is 0 Å². The van der Waals surface area contributed by atoms with E-state index in [0.717, 1.165) is 5.56 Å². The molecule has 0 bridgehead atoms. The van der Waals surface area contributed by atoms with E-state index in [1.54, 1.807) is 30.3 Å². The fourth-order valence-electron chi connectivity index (χ4n) is 2.75. The van der Waals surface area contributed by atoms with Crippen LogP contribution in [0.2, 0.25) is 0 Å². The van der Waals surface area contributed by atoms with Gasteiger partial charge in [0.15, 0.2) is 0 Å². The molecule has 102 valence electrons. The summed E-state index contributed by atoms with van der Waals surface area (Å²) in [4.78, 5) is 0. The number of hydrogen-bond acceptors (Lipinski definition) is 3. The van der Waals surface area contributed by atoms with Gasteiger partial charge in [0, 0.05) is 16.2 Å². The Morgan fingerprint density at radius 1 is 0.750 bits per heavy atom. The average Bonchev–Trinajstić information content (AvgIpc) is 2.44. The van der Waals surface area contributed by atoms with Crippen molar-refractivity contribution in [3.63, 3.8) is 0 Å². The minimum absolute atomic E-state index is 0.00778. The van der Waals surface area contributed by atoms with Gasteiger partial charge in [-0.05, 0) is 17.5 Å².